The molecule has 0 spiro atoms. The summed E-state index contributed by atoms with van der Waals surface area (Å²) >= 11 is 0. The maximum Gasteiger partial charge on any atom is 0.339 e. The van der Waals surface area contributed by atoms with Crippen molar-refractivity contribution in [3.63, 3.8) is 0 Å². The third-order valence-corrected chi connectivity index (χ3v) is 4.57. The third kappa shape index (κ3) is 5.53. The lowest BCUT2D eigenvalue weighted by molar-refractivity contribution is -0.155. The number of carbonyl (C=O) groups is 3. The molecular weight excluding hydrogens is 368 g/mol. The van der Waals surface area contributed by atoms with Crippen LogP contribution < -0.4 is 0 Å². The molecule has 0 aliphatic heterocycles. The summed E-state index contributed by atoms with van der Waals surface area (Å²) in [6.45, 7) is 4.62. The lowest BCUT2D eigenvalue weighted by Gasteiger charge is -2.20. The molecule has 1 aromatic rings. The first-order valence-electron chi connectivity index (χ1n) is 7.59. The molecule has 1 rings (SSSR count). The normalized spacial score (nSPS) is 11.7. The van der Waals surface area contributed by atoms with Crippen LogP contribution in [0, 0.1) is 5.41 Å². The van der Waals surface area contributed by atoms with Crippen LogP contribution in [-0.2, 0) is 24.4 Å². The smallest absolute Gasteiger partial charge is 0.339 e. The third-order valence-electron chi connectivity index (χ3n) is 3.73. The van der Waals surface area contributed by atoms with E-state index in [0.717, 1.165) is 12.1 Å². The van der Waals surface area contributed by atoms with Gasteiger partial charge in [-0.3, -0.25) is 9.35 Å². The van der Waals surface area contributed by atoms with Crippen molar-refractivity contribution >= 4 is 28.0 Å². The molecule has 1 aromatic carbocycles. The number of hydrogen-bond acceptors (Lipinski definition) is 7. The van der Waals surface area contributed by atoms with Gasteiger partial charge in [0.1, 0.15) is 13.2 Å². The van der Waals surface area contributed by atoms with Gasteiger partial charge < -0.3 is 14.6 Å². The van der Waals surface area contributed by atoms with Gasteiger partial charge in [0.2, 0.25) is 0 Å². The summed E-state index contributed by atoms with van der Waals surface area (Å²) in [5, 5.41) is 9.08. The minimum absolute atomic E-state index is 0.242. The van der Waals surface area contributed by atoms with Crippen molar-refractivity contribution in [1.29, 1.82) is 0 Å². The van der Waals surface area contributed by atoms with Crippen molar-refractivity contribution in [2.75, 3.05) is 13.2 Å². The lowest BCUT2D eigenvalue weighted by Crippen LogP contribution is -2.27. The molecule has 0 unspecified atom stereocenters. The zero-order chi connectivity index (χ0) is 20.1. The Labute approximate surface area is 150 Å². The molecule has 0 aliphatic carbocycles. The Morgan fingerprint density at radius 1 is 1.08 bits per heavy atom. The van der Waals surface area contributed by atoms with E-state index in [1.165, 1.54) is 0 Å². The molecule has 10 heteroatoms. The van der Waals surface area contributed by atoms with Crippen molar-refractivity contribution in [2.45, 2.75) is 32.1 Å². The quantitative estimate of drug-likeness (QED) is 0.386. The highest BCUT2D eigenvalue weighted by Crippen LogP contribution is 2.21. The maximum absolute atomic E-state index is 12.0. The van der Waals surface area contributed by atoms with Crippen LogP contribution in [0.4, 0.5) is 0 Å². The number of aromatic carboxylic acids is 1. The molecule has 0 amide bonds. The first kappa shape index (κ1) is 21.6. The largest absolute Gasteiger partial charge is 0.478 e. The van der Waals surface area contributed by atoms with Crippen molar-refractivity contribution in [3.05, 3.63) is 29.3 Å². The van der Waals surface area contributed by atoms with Crippen LogP contribution in [-0.4, -0.2) is 49.2 Å². The Morgan fingerprint density at radius 3 is 2.15 bits per heavy atom. The number of rotatable bonds is 8. The highest BCUT2D eigenvalue weighted by atomic mass is 32.2. The van der Waals surface area contributed by atoms with E-state index in [-0.39, 0.29) is 13.2 Å². The van der Waals surface area contributed by atoms with Gasteiger partial charge in [0.05, 0.1) is 21.4 Å². The molecule has 0 aromatic heterocycles. The second kappa shape index (κ2) is 8.28. The van der Waals surface area contributed by atoms with Crippen LogP contribution in [0.1, 0.15) is 47.9 Å². The van der Waals surface area contributed by atoms with Gasteiger partial charge in [-0.2, -0.15) is 8.42 Å². The zero-order valence-electron chi connectivity index (χ0n) is 14.5. The SMILES string of the molecule is CCC(C)(C)C(=O)OCCOC(=O)c1cc(S(=O)(=O)O)ccc1C(=O)O. The molecular formula is C16H20O9S. The summed E-state index contributed by atoms with van der Waals surface area (Å²) < 4.78 is 41.1. The van der Waals surface area contributed by atoms with E-state index >= 15 is 0 Å². The Morgan fingerprint density at radius 2 is 1.65 bits per heavy atom. The number of esters is 2. The van der Waals surface area contributed by atoms with Crippen LogP contribution in [0.5, 0.6) is 0 Å². The van der Waals surface area contributed by atoms with Gasteiger partial charge >= 0.3 is 17.9 Å². The Hall–Kier alpha value is -2.46. The maximum atomic E-state index is 12.0. The summed E-state index contributed by atoms with van der Waals surface area (Å²) in [6, 6.07) is 2.42. The summed E-state index contributed by atoms with van der Waals surface area (Å²) in [7, 11) is -4.63. The minimum Gasteiger partial charge on any atom is -0.478 e. The molecule has 2 N–H and O–H groups in total. The van der Waals surface area contributed by atoms with Crippen LogP contribution in [0.25, 0.3) is 0 Å². The Bertz CT molecular complexity index is 809. The van der Waals surface area contributed by atoms with Gasteiger partial charge in [-0.25, -0.2) is 9.59 Å². The molecule has 9 nitrogen and oxygen atoms in total. The van der Waals surface area contributed by atoms with Crippen molar-refractivity contribution in [2.24, 2.45) is 5.41 Å². The zero-order valence-corrected chi connectivity index (χ0v) is 15.3. The number of benzene rings is 1. The standard InChI is InChI=1S/C16H20O9S/c1-4-16(2,3)15(20)25-8-7-24-14(19)12-9-10(26(21,22)23)5-6-11(12)13(17)18/h5-6,9H,4,7-8H2,1-3H3,(H,17,18)(H,21,22,23). The monoisotopic (exact) mass is 388 g/mol. The van der Waals surface area contributed by atoms with Crippen molar-refractivity contribution < 1.29 is 41.9 Å². The Balaban J connectivity index is 2.84. The predicted octanol–water partition coefficient (Wildman–Crippen LogP) is 1.77. The summed E-state index contributed by atoms with van der Waals surface area (Å²) in [4.78, 5) is 34.3. The number of ether oxygens (including phenoxy) is 2. The molecule has 0 saturated carbocycles. The van der Waals surface area contributed by atoms with E-state index in [1.54, 1.807) is 13.8 Å². The second-order valence-corrected chi connectivity index (χ2v) is 7.42. The summed E-state index contributed by atoms with van der Waals surface area (Å²) in [5.41, 5.74) is -1.73. The predicted molar refractivity (Wildman–Crippen MR) is 88.5 cm³/mol. The highest BCUT2D eigenvalue weighted by Gasteiger charge is 2.27. The van der Waals surface area contributed by atoms with E-state index in [1.807, 2.05) is 6.92 Å². The van der Waals surface area contributed by atoms with Gasteiger partial charge in [0, 0.05) is 0 Å². The number of carboxylic acids is 1. The molecule has 0 heterocycles. The lowest BCUT2D eigenvalue weighted by atomic mass is 9.91. The van der Waals surface area contributed by atoms with E-state index in [2.05, 4.69) is 0 Å². The summed E-state index contributed by atoms with van der Waals surface area (Å²) in [5.74, 6) is -3.08. The molecule has 0 saturated heterocycles. The second-order valence-electron chi connectivity index (χ2n) is 6.00. The molecule has 0 atom stereocenters. The van der Waals surface area contributed by atoms with Crippen LogP contribution >= 0.6 is 0 Å². The molecule has 0 bridgehead atoms. The first-order valence-corrected chi connectivity index (χ1v) is 9.03. The van der Waals surface area contributed by atoms with Crippen molar-refractivity contribution in [3.8, 4) is 0 Å². The highest BCUT2D eigenvalue weighted by molar-refractivity contribution is 7.85. The van der Waals surface area contributed by atoms with Crippen LogP contribution in [0.3, 0.4) is 0 Å². The number of hydrogen-bond donors (Lipinski definition) is 2. The number of carboxylic acid groups (broad SMARTS) is 1. The molecule has 0 fully saturated rings. The Kier molecular flexibility index (Phi) is 6.87. The minimum atomic E-state index is -4.63. The first-order chi connectivity index (χ1) is 11.9. The van der Waals surface area contributed by atoms with Crippen LogP contribution in [0.2, 0.25) is 0 Å². The van der Waals surface area contributed by atoms with Crippen molar-refractivity contribution in [1.82, 2.24) is 0 Å². The van der Waals surface area contributed by atoms with Gasteiger partial charge in [-0.15, -0.1) is 0 Å². The molecule has 0 radical (unpaired) electrons. The molecule has 144 valence electrons. The average Bonchev–Trinajstić information content (AvgIpc) is 2.56. The summed E-state index contributed by atoms with van der Waals surface area (Å²) in [6.07, 6.45) is 0.552. The topological polar surface area (TPSA) is 144 Å². The van der Waals surface area contributed by atoms with Gasteiger partial charge in [0.15, 0.2) is 0 Å². The van der Waals surface area contributed by atoms with E-state index in [9.17, 15) is 22.8 Å². The number of carbonyl (C=O) groups excluding carboxylic acids is 2. The van der Waals surface area contributed by atoms with Gasteiger partial charge in [-0.05, 0) is 38.5 Å². The fraction of sp³-hybridized carbons (Fsp3) is 0.438. The average molecular weight is 388 g/mol. The van der Waals surface area contributed by atoms with E-state index in [0.29, 0.717) is 12.5 Å². The fourth-order valence-corrected chi connectivity index (χ4v) is 2.23. The van der Waals surface area contributed by atoms with Gasteiger partial charge in [-0.1, -0.05) is 6.92 Å². The molecule has 26 heavy (non-hydrogen) atoms. The van der Waals surface area contributed by atoms with Gasteiger partial charge in [0.25, 0.3) is 10.1 Å². The van der Waals surface area contributed by atoms with Crippen LogP contribution in [0.15, 0.2) is 23.1 Å². The molecule has 0 aliphatic rings. The van der Waals surface area contributed by atoms with E-state index < -0.39 is 49.5 Å². The fourth-order valence-electron chi connectivity index (χ4n) is 1.73. The van der Waals surface area contributed by atoms with E-state index in [4.69, 9.17) is 19.1 Å².